The van der Waals surface area contributed by atoms with Crippen molar-refractivity contribution in [3.05, 3.63) is 80.8 Å². The minimum atomic E-state index is -4.60. The Morgan fingerprint density at radius 2 is 1.05 bits per heavy atom. The van der Waals surface area contributed by atoms with Crippen molar-refractivity contribution in [1.29, 1.82) is 0 Å². The number of hydrogen-bond acceptors (Lipinski definition) is 9. The topological polar surface area (TPSA) is 166 Å². The fourth-order valence-corrected chi connectivity index (χ4v) is 4.46. The first-order valence-electron chi connectivity index (χ1n) is 8.13. The van der Waals surface area contributed by atoms with Gasteiger partial charge in [0.05, 0.1) is 9.92 Å². The van der Waals surface area contributed by atoms with Gasteiger partial charge in [0.15, 0.2) is 0 Å². The monoisotopic (exact) mass is 674 g/mol. The van der Waals surface area contributed by atoms with Crippen LogP contribution in [0.15, 0.2) is 64.4 Å². The third-order valence-corrected chi connectivity index (χ3v) is 6.34. The van der Waals surface area contributed by atoms with Gasteiger partial charge in [-0.3, -0.25) is 0 Å². The minimum absolute atomic E-state index is 0. The maximum absolute atomic E-state index is 11.2. The molecule has 0 fully saturated rings. The van der Waals surface area contributed by atoms with Gasteiger partial charge in [0, 0.05) is 14.9 Å². The van der Waals surface area contributed by atoms with Gasteiger partial charge in [0.2, 0.25) is 0 Å². The molecule has 0 aromatic heterocycles. The summed E-state index contributed by atoms with van der Waals surface area (Å²) in [5.41, 5.74) is 0.719. The standard InChI is InChI=1S/C12H7Cl2O3S.C6H4Cl2O3S.3Na.O3S/c13-9-3-1-8(2-4-9)11-6-5-10(14)7-12(11)18(15,16)17;7-4-1-2-5(8)6(3-4)12(9,10)11;;;;1-4(2)3/h1,3-7H,(H,15,16,17);1-3H,(H,9,10,11);;;;/q-1;;3*+1;/p-2. The van der Waals surface area contributed by atoms with E-state index in [9.17, 15) is 25.9 Å². The molecule has 0 saturated carbocycles. The molecule has 0 amide bonds. The van der Waals surface area contributed by atoms with E-state index in [2.05, 4.69) is 6.07 Å². The molecule has 0 saturated heterocycles. The first-order valence-corrected chi connectivity index (χ1v) is 13.5. The fraction of sp³-hybridized carbons (Fsp3) is 0. The molecule has 3 rings (SSSR count). The van der Waals surface area contributed by atoms with Crippen LogP contribution in [0.2, 0.25) is 20.1 Å². The van der Waals surface area contributed by atoms with Gasteiger partial charge in [-0.15, -0.1) is 54.1 Å². The molecule has 0 aliphatic rings. The summed E-state index contributed by atoms with van der Waals surface area (Å²) in [6.45, 7) is 0. The SMILES string of the molecule is O=S(=O)([O-])c1cc(Cl)ccc1-c1[c-]cc(Cl)cc1.O=S(=O)([O-])c1cc(Cl)ccc1Cl.O=S(=O)=O.[Na+].[Na+].[Na+]. The van der Waals surface area contributed by atoms with Crippen LogP contribution in [0.3, 0.4) is 0 Å². The van der Waals surface area contributed by atoms with Crippen LogP contribution < -0.4 is 88.7 Å². The van der Waals surface area contributed by atoms with Crippen molar-refractivity contribution < 1.29 is 127 Å². The molecule has 0 aliphatic carbocycles. The second-order valence-electron chi connectivity index (χ2n) is 5.75. The van der Waals surface area contributed by atoms with Gasteiger partial charge in [0.1, 0.15) is 20.2 Å². The molecule has 184 valence electrons. The van der Waals surface area contributed by atoms with E-state index in [1.54, 1.807) is 12.1 Å². The minimum Gasteiger partial charge on any atom is -0.745 e. The fourth-order valence-electron chi connectivity index (χ4n) is 2.17. The Kier molecular flexibility index (Phi) is 22.4. The van der Waals surface area contributed by atoms with E-state index in [4.69, 9.17) is 59.0 Å². The molecule has 0 aliphatic heterocycles. The van der Waals surface area contributed by atoms with Crippen LogP contribution in [0, 0.1) is 6.07 Å². The summed E-state index contributed by atoms with van der Waals surface area (Å²) in [5.74, 6) is 0. The van der Waals surface area contributed by atoms with Gasteiger partial charge < -0.3 is 9.11 Å². The number of rotatable bonds is 3. The van der Waals surface area contributed by atoms with Gasteiger partial charge in [-0.25, -0.2) is 16.8 Å². The van der Waals surface area contributed by atoms with E-state index >= 15 is 0 Å². The summed E-state index contributed by atoms with van der Waals surface area (Å²) in [5, 5.41) is 0.699. The number of halogens is 4. The summed E-state index contributed by atoms with van der Waals surface area (Å²) in [7, 11) is -12.2. The molecular formula is C18H9Cl4Na3O9S3. The molecule has 0 bridgehead atoms. The molecule has 0 heterocycles. The van der Waals surface area contributed by atoms with Crippen molar-refractivity contribution in [2.45, 2.75) is 9.79 Å². The zero-order valence-electron chi connectivity index (χ0n) is 19.1. The van der Waals surface area contributed by atoms with Crippen LogP contribution in [-0.4, -0.2) is 38.6 Å². The van der Waals surface area contributed by atoms with E-state index in [1.165, 1.54) is 30.3 Å². The van der Waals surface area contributed by atoms with E-state index in [0.717, 1.165) is 12.1 Å². The van der Waals surface area contributed by atoms with Crippen LogP contribution in [0.25, 0.3) is 11.1 Å². The van der Waals surface area contributed by atoms with Gasteiger partial charge in [-0.1, -0.05) is 52.5 Å². The smallest absolute Gasteiger partial charge is 0.745 e. The third kappa shape index (κ3) is 16.3. The van der Waals surface area contributed by atoms with Crippen molar-refractivity contribution in [1.82, 2.24) is 0 Å². The Bertz CT molecular complexity index is 1500. The van der Waals surface area contributed by atoms with E-state index < -0.39 is 35.7 Å². The van der Waals surface area contributed by atoms with Crippen LogP contribution in [0.5, 0.6) is 0 Å². The van der Waals surface area contributed by atoms with Gasteiger partial charge in [-0.2, -0.15) is 0 Å². The Labute approximate surface area is 301 Å². The van der Waals surface area contributed by atoms with Crippen molar-refractivity contribution in [2.24, 2.45) is 0 Å². The molecule has 0 unspecified atom stereocenters. The average Bonchev–Trinajstić information content (AvgIpc) is 2.69. The zero-order chi connectivity index (χ0) is 26.3. The Morgan fingerprint density at radius 1 is 0.649 bits per heavy atom. The average molecular weight is 676 g/mol. The molecule has 0 spiro atoms. The summed E-state index contributed by atoms with van der Waals surface area (Å²) in [6, 6.07) is 15.2. The largest absolute Gasteiger partial charge is 1.00 e. The number of hydrogen-bond donors (Lipinski definition) is 0. The molecular weight excluding hydrogens is 667 g/mol. The first kappa shape index (κ1) is 42.7. The van der Waals surface area contributed by atoms with Gasteiger partial charge >= 0.3 is 99.3 Å². The third-order valence-electron chi connectivity index (χ3n) is 3.44. The maximum atomic E-state index is 11.2. The van der Waals surface area contributed by atoms with Gasteiger partial charge in [0.25, 0.3) is 0 Å². The summed E-state index contributed by atoms with van der Waals surface area (Å²) < 4.78 is 90.4. The van der Waals surface area contributed by atoms with Crippen molar-refractivity contribution in [3.63, 3.8) is 0 Å². The first-order chi connectivity index (χ1) is 15.5. The quantitative estimate of drug-likeness (QED) is 0.151. The van der Waals surface area contributed by atoms with E-state index in [0.29, 0.717) is 10.6 Å². The van der Waals surface area contributed by atoms with Crippen molar-refractivity contribution in [3.8, 4) is 11.1 Å². The summed E-state index contributed by atoms with van der Waals surface area (Å²) in [4.78, 5) is -0.856. The summed E-state index contributed by atoms with van der Waals surface area (Å²) in [6.07, 6.45) is 0. The normalized spacial score (nSPS) is 10.0. The molecule has 0 atom stereocenters. The zero-order valence-corrected chi connectivity index (χ0v) is 30.6. The van der Waals surface area contributed by atoms with Crippen molar-refractivity contribution in [2.75, 3.05) is 0 Å². The predicted octanol–water partition coefficient (Wildman–Crippen LogP) is -4.73. The van der Waals surface area contributed by atoms with Crippen molar-refractivity contribution >= 4 is 77.2 Å². The van der Waals surface area contributed by atoms with E-state index in [-0.39, 0.29) is 114 Å². The molecule has 0 radical (unpaired) electrons. The van der Waals surface area contributed by atoms with Crippen LogP contribution in [-0.2, 0) is 30.8 Å². The molecule has 3 aromatic rings. The molecule has 3 aromatic carbocycles. The maximum Gasteiger partial charge on any atom is 1.00 e. The van der Waals surface area contributed by atoms with Crippen LogP contribution in [0.4, 0.5) is 0 Å². The second kappa shape index (κ2) is 19.4. The van der Waals surface area contributed by atoms with Gasteiger partial charge in [-0.05, 0) is 29.3 Å². The molecule has 0 N–H and O–H groups in total. The second-order valence-corrected chi connectivity index (χ2v) is 10.6. The summed E-state index contributed by atoms with van der Waals surface area (Å²) >= 11 is 22.3. The van der Waals surface area contributed by atoms with Crippen LogP contribution in [0.1, 0.15) is 0 Å². The molecule has 37 heavy (non-hydrogen) atoms. The van der Waals surface area contributed by atoms with Crippen LogP contribution >= 0.6 is 46.4 Å². The Hall–Kier alpha value is 1.26. The number of benzene rings is 3. The Morgan fingerprint density at radius 3 is 1.43 bits per heavy atom. The predicted molar refractivity (Wildman–Crippen MR) is 123 cm³/mol. The van der Waals surface area contributed by atoms with E-state index in [1.807, 2.05) is 0 Å². The Balaban J connectivity index is -0.000000534. The molecule has 19 heteroatoms. The molecule has 9 nitrogen and oxygen atoms in total.